The van der Waals surface area contributed by atoms with E-state index in [1.165, 1.54) is 6.42 Å². The van der Waals surface area contributed by atoms with Crippen molar-refractivity contribution in [2.75, 3.05) is 7.05 Å². The molecule has 0 radical (unpaired) electrons. The van der Waals surface area contributed by atoms with Crippen LogP contribution in [0, 0.1) is 0 Å². The molecule has 0 aliphatic heterocycles. The highest BCUT2D eigenvalue weighted by atomic mass is 35.5. The molecule has 0 unspecified atom stereocenters. The monoisotopic (exact) mass is 237 g/mol. The highest BCUT2D eigenvalue weighted by molar-refractivity contribution is 6.17. The summed E-state index contributed by atoms with van der Waals surface area (Å²) in [5.74, 6) is 0.561. The Kier molecular flexibility index (Phi) is 3.49. The van der Waals surface area contributed by atoms with E-state index in [2.05, 4.69) is 0 Å². The van der Waals surface area contributed by atoms with Gasteiger partial charge >= 0.3 is 0 Å². The molecule has 0 heterocycles. The second-order valence-electron chi connectivity index (χ2n) is 4.33. The third-order valence-electron chi connectivity index (χ3n) is 3.27. The van der Waals surface area contributed by atoms with Crippen LogP contribution in [0.15, 0.2) is 24.3 Å². The third kappa shape index (κ3) is 2.22. The quantitative estimate of drug-likeness (QED) is 0.740. The van der Waals surface area contributed by atoms with Crippen LogP contribution in [0.4, 0.5) is 0 Å². The molecule has 0 atom stereocenters. The molecule has 0 saturated heterocycles. The van der Waals surface area contributed by atoms with Crippen molar-refractivity contribution in [3.05, 3.63) is 35.4 Å². The predicted molar refractivity (Wildman–Crippen MR) is 65.7 cm³/mol. The highest BCUT2D eigenvalue weighted by Crippen LogP contribution is 2.25. The number of nitrogens with zero attached hydrogens (tertiary/aromatic N) is 1. The number of amides is 1. The van der Waals surface area contributed by atoms with E-state index in [4.69, 9.17) is 11.6 Å². The van der Waals surface area contributed by atoms with Gasteiger partial charge in [0.2, 0.25) is 0 Å². The van der Waals surface area contributed by atoms with Crippen molar-refractivity contribution in [2.45, 2.75) is 31.2 Å². The van der Waals surface area contributed by atoms with Gasteiger partial charge in [0.25, 0.3) is 5.91 Å². The van der Waals surface area contributed by atoms with Crippen LogP contribution in [0.5, 0.6) is 0 Å². The van der Waals surface area contributed by atoms with Gasteiger partial charge in [-0.2, -0.15) is 0 Å². The van der Waals surface area contributed by atoms with E-state index >= 15 is 0 Å². The first-order chi connectivity index (χ1) is 7.72. The van der Waals surface area contributed by atoms with E-state index in [0.717, 1.165) is 24.0 Å². The Bertz CT molecular complexity index is 387. The Balaban J connectivity index is 2.12. The van der Waals surface area contributed by atoms with Gasteiger partial charge in [-0.1, -0.05) is 12.1 Å². The van der Waals surface area contributed by atoms with Gasteiger partial charge in [0, 0.05) is 24.5 Å². The van der Waals surface area contributed by atoms with E-state index in [9.17, 15) is 4.79 Å². The molecule has 16 heavy (non-hydrogen) atoms. The molecule has 0 bridgehead atoms. The van der Waals surface area contributed by atoms with Crippen molar-refractivity contribution < 1.29 is 4.79 Å². The summed E-state index contributed by atoms with van der Waals surface area (Å²) >= 11 is 5.76. The van der Waals surface area contributed by atoms with Gasteiger partial charge < -0.3 is 4.90 Å². The Labute approximate surface area is 101 Å². The van der Waals surface area contributed by atoms with Gasteiger partial charge in [-0.05, 0) is 37.0 Å². The van der Waals surface area contributed by atoms with E-state index < -0.39 is 0 Å². The van der Waals surface area contributed by atoms with Crippen molar-refractivity contribution >= 4 is 17.5 Å². The molecule has 86 valence electrons. The number of carbonyl (C=O) groups excluding carboxylic acids is 1. The molecular weight excluding hydrogens is 222 g/mol. The number of hydrogen-bond acceptors (Lipinski definition) is 1. The van der Waals surface area contributed by atoms with Crippen molar-refractivity contribution in [2.24, 2.45) is 0 Å². The van der Waals surface area contributed by atoms with Gasteiger partial charge in [-0.25, -0.2) is 0 Å². The first-order valence-corrected chi connectivity index (χ1v) is 6.18. The van der Waals surface area contributed by atoms with Crippen LogP contribution in [-0.4, -0.2) is 23.9 Å². The summed E-state index contributed by atoms with van der Waals surface area (Å²) in [6, 6.07) is 8.00. The molecule has 1 aromatic rings. The summed E-state index contributed by atoms with van der Waals surface area (Å²) in [5.41, 5.74) is 1.74. The molecule has 1 aliphatic rings. The number of benzene rings is 1. The van der Waals surface area contributed by atoms with Crippen LogP contribution in [0.3, 0.4) is 0 Å². The summed E-state index contributed by atoms with van der Waals surface area (Å²) in [4.78, 5) is 14.0. The average Bonchev–Trinajstić information content (AvgIpc) is 2.25. The van der Waals surface area contributed by atoms with Gasteiger partial charge in [0.1, 0.15) is 0 Å². The molecule has 2 nitrogen and oxygen atoms in total. The molecule has 1 aliphatic carbocycles. The number of halogens is 1. The van der Waals surface area contributed by atoms with Crippen LogP contribution in [0.1, 0.15) is 35.2 Å². The minimum absolute atomic E-state index is 0.108. The minimum Gasteiger partial charge on any atom is -0.339 e. The zero-order valence-electron chi connectivity index (χ0n) is 9.45. The zero-order chi connectivity index (χ0) is 11.5. The summed E-state index contributed by atoms with van der Waals surface area (Å²) < 4.78 is 0. The maximum absolute atomic E-state index is 12.1. The lowest BCUT2D eigenvalue weighted by Gasteiger charge is -2.34. The molecule has 1 aromatic carbocycles. The maximum atomic E-state index is 12.1. The lowest BCUT2D eigenvalue weighted by atomic mass is 9.91. The Hall–Kier alpha value is -1.02. The van der Waals surface area contributed by atoms with Crippen molar-refractivity contribution in [3.63, 3.8) is 0 Å². The number of rotatable bonds is 3. The fourth-order valence-electron chi connectivity index (χ4n) is 1.93. The highest BCUT2D eigenvalue weighted by Gasteiger charge is 2.26. The molecular formula is C13H16ClNO. The second kappa shape index (κ2) is 4.88. The van der Waals surface area contributed by atoms with Gasteiger partial charge in [0.15, 0.2) is 0 Å². The zero-order valence-corrected chi connectivity index (χ0v) is 10.2. The molecule has 1 saturated carbocycles. The van der Waals surface area contributed by atoms with Crippen LogP contribution in [0.25, 0.3) is 0 Å². The topological polar surface area (TPSA) is 20.3 Å². The Morgan fingerprint density at radius 2 is 2.25 bits per heavy atom. The summed E-state index contributed by atoms with van der Waals surface area (Å²) in [5, 5.41) is 0. The standard InChI is InChI=1S/C13H16ClNO/c1-15(12-6-3-7-12)13(16)11-5-2-4-10(8-11)9-14/h2,4-5,8,12H,3,6-7,9H2,1H3. The molecule has 0 N–H and O–H groups in total. The van der Waals surface area contributed by atoms with Crippen LogP contribution >= 0.6 is 11.6 Å². The van der Waals surface area contributed by atoms with Crippen molar-refractivity contribution in [1.29, 1.82) is 0 Å². The summed E-state index contributed by atoms with van der Waals surface area (Å²) in [6.45, 7) is 0. The number of alkyl halides is 1. The van der Waals surface area contributed by atoms with Gasteiger partial charge in [-0.15, -0.1) is 11.6 Å². The number of hydrogen-bond donors (Lipinski definition) is 0. The van der Waals surface area contributed by atoms with E-state index in [0.29, 0.717) is 11.9 Å². The summed E-state index contributed by atoms with van der Waals surface area (Å²) in [6.07, 6.45) is 3.51. The minimum atomic E-state index is 0.108. The SMILES string of the molecule is CN(C(=O)c1cccc(CCl)c1)C1CCC1. The molecule has 1 amide bonds. The van der Waals surface area contributed by atoms with Crippen molar-refractivity contribution in [1.82, 2.24) is 4.90 Å². The van der Waals surface area contributed by atoms with Crippen molar-refractivity contribution in [3.8, 4) is 0 Å². The van der Waals surface area contributed by atoms with Gasteiger partial charge in [-0.3, -0.25) is 4.79 Å². The molecule has 0 spiro atoms. The molecule has 1 fully saturated rings. The van der Waals surface area contributed by atoms with E-state index in [1.807, 2.05) is 36.2 Å². The Morgan fingerprint density at radius 3 is 2.81 bits per heavy atom. The Morgan fingerprint density at radius 1 is 1.50 bits per heavy atom. The fourth-order valence-corrected chi connectivity index (χ4v) is 2.10. The second-order valence-corrected chi connectivity index (χ2v) is 4.60. The lowest BCUT2D eigenvalue weighted by molar-refractivity contribution is 0.0652. The van der Waals surface area contributed by atoms with Gasteiger partial charge in [0.05, 0.1) is 0 Å². The van der Waals surface area contributed by atoms with Crippen LogP contribution < -0.4 is 0 Å². The normalized spacial score (nSPS) is 15.6. The number of carbonyl (C=O) groups is 1. The fraction of sp³-hybridized carbons (Fsp3) is 0.462. The van der Waals surface area contributed by atoms with Crippen LogP contribution in [0.2, 0.25) is 0 Å². The van der Waals surface area contributed by atoms with E-state index in [1.54, 1.807) is 0 Å². The molecule has 0 aromatic heterocycles. The maximum Gasteiger partial charge on any atom is 0.253 e. The average molecular weight is 238 g/mol. The molecule has 3 heteroatoms. The smallest absolute Gasteiger partial charge is 0.253 e. The van der Waals surface area contributed by atoms with Crippen LogP contribution in [-0.2, 0) is 5.88 Å². The summed E-state index contributed by atoms with van der Waals surface area (Å²) in [7, 11) is 1.89. The lowest BCUT2D eigenvalue weighted by Crippen LogP contribution is -2.41. The molecule has 2 rings (SSSR count). The third-order valence-corrected chi connectivity index (χ3v) is 3.58. The largest absolute Gasteiger partial charge is 0.339 e. The first-order valence-electron chi connectivity index (χ1n) is 5.64. The van der Waals surface area contributed by atoms with E-state index in [-0.39, 0.29) is 5.91 Å². The first kappa shape index (κ1) is 11.5. The predicted octanol–water partition coefficient (Wildman–Crippen LogP) is 3.05.